The summed E-state index contributed by atoms with van der Waals surface area (Å²) in [6.45, 7) is 0.684. The molecule has 1 amide bonds. The minimum absolute atomic E-state index is 0.0213. The van der Waals surface area contributed by atoms with E-state index in [0.29, 0.717) is 6.54 Å². The van der Waals surface area contributed by atoms with Gasteiger partial charge in [-0.1, -0.05) is 0 Å². The summed E-state index contributed by atoms with van der Waals surface area (Å²) in [5, 5.41) is 8.22. The number of carboxylic acids is 1. The molecule has 0 bridgehead atoms. The van der Waals surface area contributed by atoms with E-state index in [2.05, 4.69) is 12.6 Å². The van der Waals surface area contributed by atoms with Crippen LogP contribution in [0.2, 0.25) is 0 Å². The molecule has 6 nitrogen and oxygen atoms in total. The molecule has 0 aliphatic heterocycles. The predicted octanol–water partition coefficient (Wildman–Crippen LogP) is -1.46. The Kier molecular flexibility index (Phi) is 11.5. The van der Waals surface area contributed by atoms with E-state index in [1.165, 1.54) is 0 Å². The first kappa shape index (κ1) is 15.7. The van der Waals surface area contributed by atoms with Crippen molar-refractivity contribution in [3.8, 4) is 0 Å². The van der Waals surface area contributed by atoms with Crippen molar-refractivity contribution in [1.29, 1.82) is 0 Å². The van der Waals surface area contributed by atoms with Gasteiger partial charge in [-0.15, -0.1) is 0 Å². The first-order valence-electron chi connectivity index (χ1n) is 4.03. The monoisotopic (exact) mass is 223 g/mol. The molecule has 0 fully saturated rings. The van der Waals surface area contributed by atoms with Gasteiger partial charge in [-0.05, 0) is 6.42 Å². The van der Waals surface area contributed by atoms with E-state index in [-0.39, 0.29) is 12.8 Å². The molecular weight excluding hydrogens is 206 g/mol. The highest BCUT2D eigenvalue weighted by Crippen LogP contribution is 1.92. The van der Waals surface area contributed by atoms with Gasteiger partial charge in [0.05, 0.1) is 0 Å². The molecule has 0 rings (SSSR count). The molecule has 0 aliphatic carbocycles. The third kappa shape index (κ3) is 13.8. The smallest absolute Gasteiger partial charge is 0.320 e. The van der Waals surface area contributed by atoms with Gasteiger partial charge >= 0.3 is 5.97 Å². The molecule has 0 aromatic rings. The fraction of sp³-hybridized carbons (Fsp3) is 0.714. The first-order valence-corrected chi connectivity index (χ1v) is 4.66. The van der Waals surface area contributed by atoms with Gasteiger partial charge in [0.15, 0.2) is 0 Å². The van der Waals surface area contributed by atoms with Gasteiger partial charge in [0, 0.05) is 18.7 Å². The highest BCUT2D eigenvalue weighted by atomic mass is 32.1. The van der Waals surface area contributed by atoms with Crippen molar-refractivity contribution in [1.82, 2.24) is 0 Å². The van der Waals surface area contributed by atoms with Gasteiger partial charge < -0.3 is 22.3 Å². The number of carboxylic acid groups (broad SMARTS) is 1. The van der Waals surface area contributed by atoms with Crippen molar-refractivity contribution in [2.24, 2.45) is 17.2 Å². The summed E-state index contributed by atoms with van der Waals surface area (Å²) in [6, 6.07) is -0.979. The van der Waals surface area contributed by atoms with Gasteiger partial charge in [0.25, 0.3) is 0 Å². The SMILES string of the molecule is NC(=O)CC[C@H](N)C(=O)O.NCCS. The molecule has 7 heteroatoms. The molecule has 1 atom stereocenters. The highest BCUT2D eigenvalue weighted by molar-refractivity contribution is 7.80. The molecule has 0 unspecified atom stereocenters. The van der Waals surface area contributed by atoms with Crippen LogP contribution in [0.1, 0.15) is 12.8 Å². The van der Waals surface area contributed by atoms with Crippen LogP contribution in [-0.4, -0.2) is 35.3 Å². The minimum atomic E-state index is -1.11. The zero-order valence-electron chi connectivity index (χ0n) is 7.85. The quantitative estimate of drug-likeness (QED) is 0.363. The first-order chi connectivity index (χ1) is 6.45. The average molecular weight is 223 g/mol. The molecule has 14 heavy (non-hydrogen) atoms. The van der Waals surface area contributed by atoms with Gasteiger partial charge in [-0.3, -0.25) is 9.59 Å². The van der Waals surface area contributed by atoms with E-state index >= 15 is 0 Å². The maximum Gasteiger partial charge on any atom is 0.320 e. The van der Waals surface area contributed by atoms with E-state index in [1.54, 1.807) is 0 Å². The van der Waals surface area contributed by atoms with Crippen LogP contribution in [0.4, 0.5) is 0 Å². The molecule has 0 heterocycles. The zero-order chi connectivity index (χ0) is 11.6. The molecule has 0 spiro atoms. The summed E-state index contributed by atoms with van der Waals surface area (Å²) < 4.78 is 0. The van der Waals surface area contributed by atoms with Crippen LogP contribution in [0.15, 0.2) is 0 Å². The molecule has 0 aromatic carbocycles. The predicted molar refractivity (Wildman–Crippen MR) is 56.9 cm³/mol. The molecule has 84 valence electrons. The number of nitrogens with two attached hydrogens (primary N) is 3. The topological polar surface area (TPSA) is 132 Å². The fourth-order valence-electron chi connectivity index (χ4n) is 0.421. The van der Waals surface area contributed by atoms with Crippen molar-refractivity contribution in [2.45, 2.75) is 18.9 Å². The number of amides is 1. The Labute approximate surface area is 88.2 Å². The van der Waals surface area contributed by atoms with E-state index in [9.17, 15) is 9.59 Å². The Morgan fingerprint density at radius 3 is 2.07 bits per heavy atom. The second-order valence-corrected chi connectivity index (χ2v) is 2.91. The van der Waals surface area contributed by atoms with Gasteiger partial charge in [0.1, 0.15) is 6.04 Å². The van der Waals surface area contributed by atoms with Gasteiger partial charge in [-0.25, -0.2) is 0 Å². The van der Waals surface area contributed by atoms with Crippen LogP contribution in [0, 0.1) is 0 Å². The fourth-order valence-corrected chi connectivity index (χ4v) is 0.421. The summed E-state index contributed by atoms with van der Waals surface area (Å²) >= 11 is 3.80. The largest absolute Gasteiger partial charge is 0.480 e. The van der Waals surface area contributed by atoms with Crippen LogP contribution >= 0.6 is 12.6 Å². The maximum absolute atomic E-state index is 10.1. The molecule has 0 radical (unpaired) electrons. The summed E-state index contributed by atoms with van der Waals surface area (Å²) in [5.41, 5.74) is 14.8. The number of primary amides is 1. The number of aliphatic carboxylic acids is 1. The lowest BCUT2D eigenvalue weighted by Crippen LogP contribution is -2.31. The lowest BCUT2D eigenvalue weighted by Gasteiger charge is -2.01. The van der Waals surface area contributed by atoms with Crippen LogP contribution in [0.3, 0.4) is 0 Å². The Hall–Kier alpha value is -0.790. The Morgan fingerprint density at radius 2 is 1.86 bits per heavy atom. The van der Waals surface area contributed by atoms with Crippen molar-refractivity contribution >= 4 is 24.5 Å². The van der Waals surface area contributed by atoms with Crippen molar-refractivity contribution in [3.63, 3.8) is 0 Å². The van der Waals surface area contributed by atoms with Crippen LogP contribution in [-0.2, 0) is 9.59 Å². The third-order valence-electron chi connectivity index (χ3n) is 1.15. The summed E-state index contributed by atoms with van der Waals surface area (Å²) in [7, 11) is 0. The lowest BCUT2D eigenvalue weighted by atomic mass is 10.2. The molecule has 0 saturated carbocycles. The maximum atomic E-state index is 10.1. The Morgan fingerprint density at radius 1 is 1.43 bits per heavy atom. The van der Waals surface area contributed by atoms with Crippen molar-refractivity contribution in [3.05, 3.63) is 0 Å². The van der Waals surface area contributed by atoms with E-state index in [0.717, 1.165) is 5.75 Å². The number of hydrogen-bond acceptors (Lipinski definition) is 5. The second kappa shape index (κ2) is 10.3. The van der Waals surface area contributed by atoms with Crippen molar-refractivity contribution < 1.29 is 14.7 Å². The van der Waals surface area contributed by atoms with E-state index in [4.69, 9.17) is 22.3 Å². The minimum Gasteiger partial charge on any atom is -0.480 e. The average Bonchev–Trinajstić information content (AvgIpc) is 2.14. The summed E-state index contributed by atoms with van der Waals surface area (Å²) in [6.07, 6.45) is 0.123. The molecule has 7 N–H and O–H groups in total. The standard InChI is InChI=1S/C5H10N2O3.C2H7NS/c6-3(5(9)10)1-2-4(7)8;3-1-2-4/h3H,1-2,6H2,(H2,7,8)(H,9,10);4H,1-3H2/t3-;/m0./s1. The number of hydrogen-bond donors (Lipinski definition) is 5. The summed E-state index contributed by atoms with van der Waals surface area (Å²) in [5.74, 6) is -0.849. The number of thiol groups is 1. The number of carbonyl (C=O) groups is 2. The number of rotatable bonds is 5. The molecule has 0 aliphatic rings. The Balaban J connectivity index is 0. The van der Waals surface area contributed by atoms with E-state index < -0.39 is 17.9 Å². The molecular formula is C7H17N3O3S. The van der Waals surface area contributed by atoms with Gasteiger partial charge in [-0.2, -0.15) is 12.6 Å². The molecule has 0 aromatic heterocycles. The van der Waals surface area contributed by atoms with Gasteiger partial charge in [0.2, 0.25) is 5.91 Å². The van der Waals surface area contributed by atoms with Crippen molar-refractivity contribution in [2.75, 3.05) is 12.3 Å². The lowest BCUT2D eigenvalue weighted by molar-refractivity contribution is -0.138. The normalized spacial score (nSPS) is 11.1. The Bertz CT molecular complexity index is 176. The van der Waals surface area contributed by atoms with Crippen LogP contribution in [0.5, 0.6) is 0 Å². The third-order valence-corrected chi connectivity index (χ3v) is 1.41. The van der Waals surface area contributed by atoms with Crippen LogP contribution < -0.4 is 17.2 Å². The highest BCUT2D eigenvalue weighted by Gasteiger charge is 2.11. The molecule has 0 saturated heterocycles. The van der Waals surface area contributed by atoms with E-state index in [1.807, 2.05) is 0 Å². The second-order valence-electron chi connectivity index (χ2n) is 2.46. The zero-order valence-corrected chi connectivity index (χ0v) is 8.74. The summed E-state index contributed by atoms with van der Waals surface area (Å²) in [4.78, 5) is 20.1. The number of carbonyl (C=O) groups excluding carboxylic acids is 1. The van der Waals surface area contributed by atoms with Crippen LogP contribution in [0.25, 0.3) is 0 Å².